The van der Waals surface area contributed by atoms with Crippen LogP contribution in [0.5, 0.6) is 5.75 Å². The number of hydrogen-bond acceptors (Lipinski definition) is 4. The average Bonchev–Trinajstić information content (AvgIpc) is 2.54. The molecule has 1 aromatic carbocycles. The molecule has 0 saturated heterocycles. The molecular weight excluding hydrogens is 276 g/mol. The normalized spacial score (nSPS) is 12.4. The van der Waals surface area contributed by atoms with E-state index in [1.165, 1.54) is 11.1 Å². The summed E-state index contributed by atoms with van der Waals surface area (Å²) in [5.74, 6) is 0.793. The Balaban J connectivity index is 1.79. The third kappa shape index (κ3) is 5.47. The first-order valence-corrected chi connectivity index (χ1v) is 7.66. The lowest BCUT2D eigenvalue weighted by Gasteiger charge is -2.23. The summed E-state index contributed by atoms with van der Waals surface area (Å²) in [6.45, 7) is 6.71. The highest BCUT2D eigenvalue weighted by Gasteiger charge is 2.11. The minimum Gasteiger partial charge on any atom is -0.491 e. The molecule has 0 aliphatic carbocycles. The molecule has 2 rings (SSSR count). The Morgan fingerprint density at radius 1 is 1.14 bits per heavy atom. The van der Waals surface area contributed by atoms with Crippen molar-refractivity contribution in [3.05, 3.63) is 59.9 Å². The van der Waals surface area contributed by atoms with Crippen LogP contribution in [0, 0.1) is 6.92 Å². The summed E-state index contributed by atoms with van der Waals surface area (Å²) < 4.78 is 5.63. The fourth-order valence-electron chi connectivity index (χ4n) is 2.23. The number of nitrogens with zero attached hydrogens (tertiary/aromatic N) is 2. The molecule has 0 bridgehead atoms. The topological polar surface area (TPSA) is 45.6 Å². The number of hydrogen-bond donors (Lipinski definition) is 1. The zero-order valence-corrected chi connectivity index (χ0v) is 13.3. The molecule has 4 heteroatoms. The first-order chi connectivity index (χ1) is 10.7. The third-order valence-electron chi connectivity index (χ3n) is 3.54. The Hall–Kier alpha value is -1.91. The van der Waals surface area contributed by atoms with E-state index in [1.807, 2.05) is 43.3 Å². The molecule has 0 aliphatic rings. The van der Waals surface area contributed by atoms with Gasteiger partial charge in [0.25, 0.3) is 0 Å². The van der Waals surface area contributed by atoms with Gasteiger partial charge < -0.3 is 9.84 Å². The molecule has 1 N–H and O–H groups in total. The van der Waals surface area contributed by atoms with Crippen molar-refractivity contribution in [2.45, 2.75) is 26.5 Å². The van der Waals surface area contributed by atoms with Gasteiger partial charge in [0.05, 0.1) is 0 Å². The molecule has 1 aromatic heterocycles. The standard InChI is InChI=1S/C18H24N2O2/c1-3-20(12-16-8-10-19-11-9-16)13-17(21)14-22-18-6-4-15(2)5-7-18/h4-11,17,21H,3,12-14H2,1-2H3/t17-/m1/s1. The van der Waals surface area contributed by atoms with E-state index in [-0.39, 0.29) is 0 Å². The van der Waals surface area contributed by atoms with Crippen molar-refractivity contribution >= 4 is 0 Å². The van der Waals surface area contributed by atoms with E-state index in [1.54, 1.807) is 12.4 Å². The average molecular weight is 300 g/mol. The Morgan fingerprint density at radius 2 is 1.82 bits per heavy atom. The van der Waals surface area contributed by atoms with E-state index in [9.17, 15) is 5.11 Å². The third-order valence-corrected chi connectivity index (χ3v) is 3.54. The zero-order chi connectivity index (χ0) is 15.8. The molecule has 4 nitrogen and oxygen atoms in total. The fourth-order valence-corrected chi connectivity index (χ4v) is 2.23. The number of aromatic nitrogens is 1. The number of benzene rings is 1. The molecule has 0 aliphatic heterocycles. The molecule has 1 atom stereocenters. The van der Waals surface area contributed by atoms with E-state index in [4.69, 9.17) is 4.74 Å². The first kappa shape index (κ1) is 16.5. The van der Waals surface area contributed by atoms with E-state index >= 15 is 0 Å². The van der Waals surface area contributed by atoms with Gasteiger partial charge in [0.2, 0.25) is 0 Å². The van der Waals surface area contributed by atoms with Gasteiger partial charge in [-0.3, -0.25) is 9.88 Å². The van der Waals surface area contributed by atoms with Crippen LogP contribution in [-0.4, -0.2) is 40.8 Å². The minimum absolute atomic E-state index is 0.301. The molecule has 0 fully saturated rings. The van der Waals surface area contributed by atoms with Crippen LogP contribution in [0.15, 0.2) is 48.8 Å². The van der Waals surface area contributed by atoms with Crippen molar-refractivity contribution in [1.29, 1.82) is 0 Å². The van der Waals surface area contributed by atoms with Crippen LogP contribution in [0.1, 0.15) is 18.1 Å². The maximum Gasteiger partial charge on any atom is 0.119 e. The number of likely N-dealkylation sites (N-methyl/N-ethyl adjacent to an activating group) is 1. The monoisotopic (exact) mass is 300 g/mol. The smallest absolute Gasteiger partial charge is 0.119 e. The Morgan fingerprint density at radius 3 is 2.45 bits per heavy atom. The molecule has 1 heterocycles. The van der Waals surface area contributed by atoms with Gasteiger partial charge in [0.1, 0.15) is 18.5 Å². The largest absolute Gasteiger partial charge is 0.491 e. The maximum atomic E-state index is 10.2. The SMILES string of the molecule is CCN(Cc1ccncc1)C[C@@H](O)COc1ccc(C)cc1. The molecule has 2 aromatic rings. The van der Waals surface area contributed by atoms with Gasteiger partial charge in [0.15, 0.2) is 0 Å². The van der Waals surface area contributed by atoms with Gasteiger partial charge in [-0.1, -0.05) is 24.6 Å². The summed E-state index contributed by atoms with van der Waals surface area (Å²) in [5.41, 5.74) is 2.39. The summed E-state index contributed by atoms with van der Waals surface area (Å²) in [5, 5.41) is 10.2. The van der Waals surface area contributed by atoms with E-state index in [2.05, 4.69) is 16.8 Å². The molecule has 0 amide bonds. The quantitative estimate of drug-likeness (QED) is 0.814. The van der Waals surface area contributed by atoms with Gasteiger partial charge in [-0.2, -0.15) is 0 Å². The maximum absolute atomic E-state index is 10.2. The summed E-state index contributed by atoms with van der Waals surface area (Å²) in [6.07, 6.45) is 3.07. The predicted octanol–water partition coefficient (Wildman–Crippen LogP) is 2.65. The minimum atomic E-state index is -0.511. The Kier molecular flexibility index (Phi) is 6.37. The van der Waals surface area contributed by atoms with E-state index < -0.39 is 6.10 Å². The highest BCUT2D eigenvalue weighted by molar-refractivity contribution is 5.26. The fraction of sp³-hybridized carbons (Fsp3) is 0.389. The van der Waals surface area contributed by atoms with Crippen LogP contribution in [0.4, 0.5) is 0 Å². The molecule has 0 saturated carbocycles. The summed E-state index contributed by atoms with van der Waals surface area (Å²) in [6, 6.07) is 11.9. The van der Waals surface area contributed by atoms with Gasteiger partial charge in [-0.05, 0) is 43.3 Å². The highest BCUT2D eigenvalue weighted by atomic mass is 16.5. The summed E-state index contributed by atoms with van der Waals surface area (Å²) in [4.78, 5) is 6.21. The van der Waals surface area contributed by atoms with Gasteiger partial charge >= 0.3 is 0 Å². The number of aliphatic hydroxyl groups excluding tert-OH is 1. The van der Waals surface area contributed by atoms with Crippen LogP contribution < -0.4 is 4.74 Å². The number of aryl methyl sites for hydroxylation is 1. The van der Waals surface area contributed by atoms with Crippen molar-refractivity contribution in [2.24, 2.45) is 0 Å². The number of ether oxygens (including phenoxy) is 1. The van der Waals surface area contributed by atoms with Crippen LogP contribution in [0.3, 0.4) is 0 Å². The lowest BCUT2D eigenvalue weighted by Crippen LogP contribution is -2.35. The number of aliphatic hydroxyl groups is 1. The predicted molar refractivity (Wildman–Crippen MR) is 87.9 cm³/mol. The lowest BCUT2D eigenvalue weighted by molar-refractivity contribution is 0.0675. The summed E-state index contributed by atoms with van der Waals surface area (Å²) >= 11 is 0. The van der Waals surface area contributed by atoms with E-state index in [0.717, 1.165) is 18.8 Å². The highest BCUT2D eigenvalue weighted by Crippen LogP contribution is 2.12. The van der Waals surface area contributed by atoms with E-state index in [0.29, 0.717) is 13.2 Å². The first-order valence-electron chi connectivity index (χ1n) is 7.66. The molecule has 22 heavy (non-hydrogen) atoms. The Labute approximate surface area is 132 Å². The van der Waals surface area contributed by atoms with Crippen molar-refractivity contribution in [2.75, 3.05) is 19.7 Å². The van der Waals surface area contributed by atoms with Gasteiger partial charge in [-0.15, -0.1) is 0 Å². The molecule has 0 spiro atoms. The van der Waals surface area contributed by atoms with Crippen molar-refractivity contribution in [3.8, 4) is 5.75 Å². The second-order valence-electron chi connectivity index (χ2n) is 5.46. The lowest BCUT2D eigenvalue weighted by atomic mass is 10.2. The number of pyridine rings is 1. The molecule has 0 radical (unpaired) electrons. The van der Waals surface area contributed by atoms with Crippen LogP contribution in [-0.2, 0) is 6.54 Å². The van der Waals surface area contributed by atoms with Crippen LogP contribution >= 0.6 is 0 Å². The molecule has 118 valence electrons. The second kappa shape index (κ2) is 8.51. The number of rotatable bonds is 8. The Bertz CT molecular complexity index is 543. The summed E-state index contributed by atoms with van der Waals surface area (Å²) in [7, 11) is 0. The van der Waals surface area contributed by atoms with Crippen molar-refractivity contribution < 1.29 is 9.84 Å². The van der Waals surface area contributed by atoms with Crippen molar-refractivity contribution in [1.82, 2.24) is 9.88 Å². The van der Waals surface area contributed by atoms with Crippen molar-refractivity contribution in [3.63, 3.8) is 0 Å². The second-order valence-corrected chi connectivity index (χ2v) is 5.46. The van der Waals surface area contributed by atoms with Gasteiger partial charge in [0, 0.05) is 25.5 Å². The van der Waals surface area contributed by atoms with Crippen LogP contribution in [0.2, 0.25) is 0 Å². The molecular formula is C18H24N2O2. The molecule has 0 unspecified atom stereocenters. The van der Waals surface area contributed by atoms with Gasteiger partial charge in [-0.25, -0.2) is 0 Å². The van der Waals surface area contributed by atoms with Crippen LogP contribution in [0.25, 0.3) is 0 Å². The zero-order valence-electron chi connectivity index (χ0n) is 13.3.